The predicted molar refractivity (Wildman–Crippen MR) is 119 cm³/mol. The van der Waals surface area contributed by atoms with E-state index in [0.29, 0.717) is 35.1 Å². The first kappa shape index (κ1) is 23.3. The van der Waals surface area contributed by atoms with Crippen LogP contribution < -0.4 is 25.0 Å². The number of rotatable bonds is 11. The number of carbonyl (C=O) groups excluding carboxylic acids is 2. The van der Waals surface area contributed by atoms with Gasteiger partial charge in [0.05, 0.1) is 25.6 Å². The monoisotopic (exact) mass is 423 g/mol. The van der Waals surface area contributed by atoms with Crippen molar-refractivity contribution in [3.8, 4) is 29.6 Å². The topological polar surface area (TPSA) is 98.2 Å². The van der Waals surface area contributed by atoms with Gasteiger partial charge in [-0.15, -0.1) is 6.42 Å². The highest BCUT2D eigenvalue weighted by molar-refractivity contribution is 5.94. The molecule has 0 spiro atoms. The highest BCUT2D eigenvalue weighted by atomic mass is 16.5. The summed E-state index contributed by atoms with van der Waals surface area (Å²) in [4.78, 5) is 24.0. The Morgan fingerprint density at radius 1 is 1.06 bits per heavy atom. The van der Waals surface area contributed by atoms with Crippen LogP contribution in [-0.4, -0.2) is 38.4 Å². The maximum atomic E-state index is 12.1. The molecule has 8 nitrogen and oxygen atoms in total. The molecular formula is C23H25N3O5. The Hall–Kier alpha value is -3.99. The minimum Gasteiger partial charge on any atom is -0.495 e. The second-order valence-corrected chi connectivity index (χ2v) is 6.17. The lowest BCUT2D eigenvalue weighted by molar-refractivity contribution is -0.124. The van der Waals surface area contributed by atoms with Crippen molar-refractivity contribution in [3.05, 3.63) is 48.0 Å². The summed E-state index contributed by atoms with van der Waals surface area (Å²) in [5.41, 5.74) is 3.65. The van der Waals surface area contributed by atoms with Crippen LogP contribution in [0.4, 0.5) is 5.69 Å². The van der Waals surface area contributed by atoms with E-state index in [1.807, 2.05) is 6.92 Å². The second-order valence-electron chi connectivity index (χ2n) is 6.17. The van der Waals surface area contributed by atoms with Gasteiger partial charge in [-0.2, -0.15) is 5.10 Å². The van der Waals surface area contributed by atoms with Crippen LogP contribution in [0, 0.1) is 12.3 Å². The maximum absolute atomic E-state index is 12.1. The normalized spacial score (nSPS) is 10.2. The summed E-state index contributed by atoms with van der Waals surface area (Å²) in [6.45, 7) is 2.45. The molecule has 2 N–H and O–H groups in total. The molecular weight excluding hydrogens is 398 g/mol. The van der Waals surface area contributed by atoms with E-state index in [-0.39, 0.29) is 31.3 Å². The van der Waals surface area contributed by atoms with Crippen molar-refractivity contribution in [1.82, 2.24) is 5.43 Å². The number of carbonyl (C=O) groups is 2. The van der Waals surface area contributed by atoms with Crippen LogP contribution in [0.25, 0.3) is 0 Å². The fourth-order valence-corrected chi connectivity index (χ4v) is 2.53. The van der Waals surface area contributed by atoms with E-state index in [1.165, 1.54) is 13.3 Å². The van der Waals surface area contributed by atoms with E-state index in [4.69, 9.17) is 20.6 Å². The summed E-state index contributed by atoms with van der Waals surface area (Å²) in [5, 5.41) is 6.64. The van der Waals surface area contributed by atoms with Crippen molar-refractivity contribution in [2.75, 3.05) is 25.6 Å². The SMILES string of the molecule is C#CCOc1ccc(C=NNC(=O)CCC(=O)Nc2ccccc2OC)cc1OCC. The Balaban J connectivity index is 1.84. The van der Waals surface area contributed by atoms with E-state index < -0.39 is 0 Å². The molecule has 0 radical (unpaired) electrons. The van der Waals surface area contributed by atoms with Crippen molar-refractivity contribution < 1.29 is 23.8 Å². The van der Waals surface area contributed by atoms with Crippen LogP contribution in [0.2, 0.25) is 0 Å². The van der Waals surface area contributed by atoms with Crippen molar-refractivity contribution in [2.24, 2.45) is 5.10 Å². The van der Waals surface area contributed by atoms with Gasteiger partial charge in [0, 0.05) is 12.8 Å². The molecule has 2 aromatic rings. The van der Waals surface area contributed by atoms with Crippen LogP contribution in [-0.2, 0) is 9.59 Å². The van der Waals surface area contributed by atoms with Gasteiger partial charge in [-0.05, 0) is 42.8 Å². The lowest BCUT2D eigenvalue weighted by Crippen LogP contribution is -2.20. The number of nitrogens with zero attached hydrogens (tertiary/aromatic N) is 1. The van der Waals surface area contributed by atoms with Crippen LogP contribution >= 0.6 is 0 Å². The molecule has 2 amide bonds. The molecule has 31 heavy (non-hydrogen) atoms. The van der Waals surface area contributed by atoms with Crippen molar-refractivity contribution in [1.29, 1.82) is 0 Å². The Labute approximate surface area is 181 Å². The number of anilines is 1. The molecule has 0 heterocycles. The molecule has 0 aromatic heterocycles. The van der Waals surface area contributed by atoms with E-state index in [9.17, 15) is 9.59 Å². The molecule has 0 bridgehead atoms. The lowest BCUT2D eigenvalue weighted by Gasteiger charge is -2.10. The Bertz CT molecular complexity index is 966. The average Bonchev–Trinajstić information content (AvgIpc) is 2.78. The predicted octanol–water partition coefficient (Wildman–Crippen LogP) is 2.97. The van der Waals surface area contributed by atoms with Gasteiger partial charge >= 0.3 is 0 Å². The Morgan fingerprint density at radius 2 is 1.84 bits per heavy atom. The van der Waals surface area contributed by atoms with Gasteiger partial charge in [-0.25, -0.2) is 5.43 Å². The fraction of sp³-hybridized carbons (Fsp3) is 0.261. The van der Waals surface area contributed by atoms with Crippen LogP contribution in [0.5, 0.6) is 17.2 Å². The summed E-state index contributed by atoms with van der Waals surface area (Å²) < 4.78 is 16.1. The van der Waals surface area contributed by atoms with Crippen molar-refractivity contribution in [3.63, 3.8) is 0 Å². The zero-order chi connectivity index (χ0) is 22.5. The van der Waals surface area contributed by atoms with E-state index in [0.717, 1.165) is 0 Å². The number of methoxy groups -OCH3 is 1. The number of terminal acetylenes is 1. The molecule has 0 saturated heterocycles. The Morgan fingerprint density at radius 3 is 2.58 bits per heavy atom. The maximum Gasteiger partial charge on any atom is 0.240 e. The summed E-state index contributed by atoms with van der Waals surface area (Å²) in [7, 11) is 1.52. The highest BCUT2D eigenvalue weighted by Gasteiger charge is 2.10. The van der Waals surface area contributed by atoms with Gasteiger partial charge in [0.2, 0.25) is 11.8 Å². The number of hydrazone groups is 1. The summed E-state index contributed by atoms with van der Waals surface area (Å²) >= 11 is 0. The van der Waals surface area contributed by atoms with E-state index >= 15 is 0 Å². The van der Waals surface area contributed by atoms with Crippen LogP contribution in [0.1, 0.15) is 25.3 Å². The number of hydrogen-bond donors (Lipinski definition) is 2. The summed E-state index contributed by atoms with van der Waals surface area (Å²) in [6.07, 6.45) is 6.68. The van der Waals surface area contributed by atoms with Gasteiger partial charge in [0.15, 0.2) is 11.5 Å². The zero-order valence-corrected chi connectivity index (χ0v) is 17.5. The van der Waals surface area contributed by atoms with Crippen LogP contribution in [0.3, 0.4) is 0 Å². The van der Waals surface area contributed by atoms with Gasteiger partial charge in [0.1, 0.15) is 12.4 Å². The van der Waals surface area contributed by atoms with E-state index in [1.54, 1.807) is 42.5 Å². The largest absolute Gasteiger partial charge is 0.495 e. The minimum atomic E-state index is -0.384. The van der Waals surface area contributed by atoms with Crippen molar-refractivity contribution >= 4 is 23.7 Å². The molecule has 0 aliphatic rings. The molecule has 2 aromatic carbocycles. The number of ether oxygens (including phenoxy) is 3. The average molecular weight is 423 g/mol. The molecule has 0 aliphatic carbocycles. The molecule has 0 unspecified atom stereocenters. The minimum absolute atomic E-state index is 0.00903. The van der Waals surface area contributed by atoms with Crippen molar-refractivity contribution in [2.45, 2.75) is 19.8 Å². The highest BCUT2D eigenvalue weighted by Crippen LogP contribution is 2.28. The van der Waals surface area contributed by atoms with Crippen LogP contribution in [0.15, 0.2) is 47.6 Å². The van der Waals surface area contributed by atoms with E-state index in [2.05, 4.69) is 21.8 Å². The van der Waals surface area contributed by atoms with Gasteiger partial charge in [-0.3, -0.25) is 9.59 Å². The molecule has 0 saturated carbocycles. The number of para-hydroxylation sites is 2. The third kappa shape index (κ3) is 7.74. The fourth-order valence-electron chi connectivity index (χ4n) is 2.53. The quantitative estimate of drug-likeness (QED) is 0.329. The molecule has 0 fully saturated rings. The van der Waals surface area contributed by atoms with Gasteiger partial charge < -0.3 is 19.5 Å². The number of nitrogens with one attached hydrogen (secondary N) is 2. The zero-order valence-electron chi connectivity index (χ0n) is 17.5. The summed E-state index contributed by atoms with van der Waals surface area (Å²) in [6, 6.07) is 12.2. The molecule has 8 heteroatoms. The first-order chi connectivity index (χ1) is 15.1. The third-order valence-corrected chi connectivity index (χ3v) is 3.94. The number of benzene rings is 2. The molecule has 0 aliphatic heterocycles. The third-order valence-electron chi connectivity index (χ3n) is 3.94. The molecule has 2 rings (SSSR count). The number of hydrogen-bond acceptors (Lipinski definition) is 6. The standard InChI is InChI=1S/C23H25N3O5/c1-4-14-31-20-11-10-17(15-21(20)30-5-2)16-24-26-23(28)13-12-22(27)25-18-8-6-7-9-19(18)29-3/h1,6-11,15-16H,5,12-14H2,2-3H3,(H,25,27)(H,26,28). The van der Waals surface area contributed by atoms with Gasteiger partial charge in [-0.1, -0.05) is 18.1 Å². The first-order valence-corrected chi connectivity index (χ1v) is 9.65. The Kier molecular flexibility index (Phi) is 9.43. The lowest BCUT2D eigenvalue weighted by atomic mass is 10.2. The van der Waals surface area contributed by atoms with Gasteiger partial charge in [0.25, 0.3) is 0 Å². The summed E-state index contributed by atoms with van der Waals surface area (Å²) in [5.74, 6) is 3.32. The smallest absolute Gasteiger partial charge is 0.240 e. The number of amides is 2. The first-order valence-electron chi connectivity index (χ1n) is 9.65. The molecule has 162 valence electrons. The molecule has 0 atom stereocenters. The second kappa shape index (κ2) is 12.5.